The first-order valence-electron chi connectivity index (χ1n) is 11.7. The molecule has 3 aromatic rings. The number of hydrogen-bond donors (Lipinski definition) is 1. The molecule has 1 atom stereocenters. The van der Waals surface area contributed by atoms with Crippen molar-refractivity contribution in [3.05, 3.63) is 131 Å². The summed E-state index contributed by atoms with van der Waals surface area (Å²) in [6, 6.07) is 28.4. The second-order valence-corrected chi connectivity index (χ2v) is 8.55. The fourth-order valence-corrected chi connectivity index (χ4v) is 4.00. The number of rotatable bonds is 11. The summed E-state index contributed by atoms with van der Waals surface area (Å²) in [7, 11) is 0. The average Bonchev–Trinajstić information content (AvgIpc) is 2.91. The van der Waals surface area contributed by atoms with Crippen molar-refractivity contribution in [2.24, 2.45) is 0 Å². The van der Waals surface area contributed by atoms with E-state index in [4.69, 9.17) is 14.2 Å². The van der Waals surface area contributed by atoms with Gasteiger partial charge in [-0.05, 0) is 29.7 Å². The predicted molar refractivity (Wildman–Crippen MR) is 134 cm³/mol. The number of allylic oxidation sites excluding steroid dienone is 1. The fraction of sp³-hybridized carbons (Fsp3) is 0.200. The smallest absolute Gasteiger partial charge is 0.331 e. The van der Waals surface area contributed by atoms with Gasteiger partial charge in [0.05, 0.1) is 6.61 Å². The van der Waals surface area contributed by atoms with E-state index in [1.165, 1.54) is 13.0 Å². The van der Waals surface area contributed by atoms with Gasteiger partial charge in [-0.3, -0.25) is 4.79 Å². The van der Waals surface area contributed by atoms with Gasteiger partial charge in [-0.25, -0.2) is 4.79 Å². The van der Waals surface area contributed by atoms with Gasteiger partial charge in [-0.1, -0.05) is 91.0 Å². The van der Waals surface area contributed by atoms with E-state index >= 15 is 0 Å². The summed E-state index contributed by atoms with van der Waals surface area (Å²) in [6.45, 7) is 1.81. The van der Waals surface area contributed by atoms with Crippen molar-refractivity contribution >= 4 is 11.8 Å². The number of benzene rings is 3. The zero-order valence-electron chi connectivity index (χ0n) is 20.1. The fourth-order valence-electron chi connectivity index (χ4n) is 4.00. The molecule has 1 unspecified atom stereocenters. The predicted octanol–water partition coefficient (Wildman–Crippen LogP) is 5.59. The Morgan fingerprint density at radius 2 is 1.22 bits per heavy atom. The summed E-state index contributed by atoms with van der Waals surface area (Å²) in [4.78, 5) is 25.3. The molecule has 0 amide bonds. The lowest BCUT2D eigenvalue weighted by atomic mass is 9.83. The molecule has 3 aromatic carbocycles. The molecule has 4 rings (SSSR count). The van der Waals surface area contributed by atoms with E-state index in [0.717, 1.165) is 16.7 Å². The summed E-state index contributed by atoms with van der Waals surface area (Å²) < 4.78 is 18.6. The number of Topliss-reactive ketones (excluding diaryl/α,β-unsaturated/α-hetero) is 1. The summed E-state index contributed by atoms with van der Waals surface area (Å²) >= 11 is 0. The Morgan fingerprint density at radius 1 is 0.750 bits per heavy atom. The number of carbonyl (C=O) groups excluding carboxylic acids is 1. The number of aliphatic carboxylic acids is 1. The lowest BCUT2D eigenvalue weighted by Crippen LogP contribution is -2.46. The van der Waals surface area contributed by atoms with Crippen LogP contribution < -0.4 is 0 Å². The van der Waals surface area contributed by atoms with Crippen LogP contribution in [0.2, 0.25) is 0 Å². The molecule has 0 saturated heterocycles. The molecule has 1 N–H and O–H groups in total. The van der Waals surface area contributed by atoms with E-state index in [9.17, 15) is 14.7 Å². The lowest BCUT2D eigenvalue weighted by Gasteiger charge is -2.37. The number of ketones is 1. The Morgan fingerprint density at radius 3 is 1.69 bits per heavy atom. The van der Waals surface area contributed by atoms with Gasteiger partial charge in [0.2, 0.25) is 0 Å². The Labute approximate surface area is 210 Å². The van der Waals surface area contributed by atoms with Crippen molar-refractivity contribution in [1.29, 1.82) is 0 Å². The van der Waals surface area contributed by atoms with Crippen molar-refractivity contribution in [3.63, 3.8) is 0 Å². The van der Waals surface area contributed by atoms with Crippen molar-refractivity contribution in [2.45, 2.75) is 38.8 Å². The summed E-state index contributed by atoms with van der Waals surface area (Å²) in [5, 5.41) is 9.88. The van der Waals surface area contributed by atoms with Crippen LogP contribution in [0.5, 0.6) is 0 Å². The van der Waals surface area contributed by atoms with Crippen LogP contribution in [0.15, 0.2) is 114 Å². The molecule has 6 nitrogen and oxygen atoms in total. The molecule has 0 spiro atoms. The maximum atomic E-state index is 13.2. The van der Waals surface area contributed by atoms with Gasteiger partial charge in [0.25, 0.3) is 0 Å². The van der Waals surface area contributed by atoms with Crippen molar-refractivity contribution in [3.8, 4) is 0 Å². The Kier molecular flexibility index (Phi) is 7.98. The van der Waals surface area contributed by atoms with E-state index in [-0.39, 0.29) is 49.1 Å². The minimum Gasteiger partial charge on any atom is -0.486 e. The van der Waals surface area contributed by atoms with Gasteiger partial charge in [0.1, 0.15) is 13.2 Å². The number of hydrogen-bond acceptors (Lipinski definition) is 5. The highest BCUT2D eigenvalue weighted by atomic mass is 16.6. The van der Waals surface area contributed by atoms with Crippen molar-refractivity contribution < 1.29 is 28.9 Å². The van der Waals surface area contributed by atoms with Crippen LogP contribution in [0.25, 0.3) is 0 Å². The summed E-state index contributed by atoms with van der Waals surface area (Å²) in [5.41, 5.74) is 0.981. The molecule has 0 radical (unpaired) electrons. The maximum absolute atomic E-state index is 13.2. The van der Waals surface area contributed by atoms with Gasteiger partial charge in [0, 0.05) is 12.0 Å². The van der Waals surface area contributed by atoms with Gasteiger partial charge in [-0.15, -0.1) is 0 Å². The number of carboxylic acids is 1. The average molecular weight is 485 g/mol. The van der Waals surface area contributed by atoms with Crippen LogP contribution in [-0.4, -0.2) is 22.5 Å². The molecule has 0 fully saturated rings. The third-order valence-corrected chi connectivity index (χ3v) is 5.97. The molecule has 0 aromatic heterocycles. The van der Waals surface area contributed by atoms with Crippen LogP contribution in [0, 0.1) is 0 Å². The van der Waals surface area contributed by atoms with Crippen LogP contribution >= 0.6 is 0 Å². The molecular formula is C30H28O6. The van der Waals surface area contributed by atoms with E-state index in [1.54, 1.807) is 0 Å². The highest BCUT2D eigenvalue weighted by Gasteiger charge is 2.49. The topological polar surface area (TPSA) is 82.1 Å². The van der Waals surface area contributed by atoms with Crippen molar-refractivity contribution in [1.82, 2.24) is 0 Å². The van der Waals surface area contributed by atoms with Crippen LogP contribution in [0.3, 0.4) is 0 Å². The minimum atomic E-state index is -1.65. The first kappa shape index (κ1) is 24.9. The van der Waals surface area contributed by atoms with E-state index < -0.39 is 11.6 Å². The van der Waals surface area contributed by atoms with E-state index in [2.05, 4.69) is 0 Å². The monoisotopic (exact) mass is 484 g/mol. The van der Waals surface area contributed by atoms with Crippen LogP contribution in [-0.2, 0) is 43.6 Å². The van der Waals surface area contributed by atoms with Gasteiger partial charge in [-0.2, -0.15) is 0 Å². The highest BCUT2D eigenvalue weighted by molar-refractivity contribution is 5.94. The standard InChI is InChI=1S/C30H28O6/c1-22(31)30(36-21-25-15-9-4-10-16-25)18-26(29(32)33)17-27(34-19-23-11-5-2-6-12-23)28(30)35-20-24-13-7-3-8-14-24/h2-17H,18-21H2,1H3,(H,32,33). The second-order valence-electron chi connectivity index (χ2n) is 8.55. The molecular weight excluding hydrogens is 456 g/mol. The Balaban J connectivity index is 1.75. The molecule has 0 heterocycles. The van der Waals surface area contributed by atoms with E-state index in [1.807, 2.05) is 91.0 Å². The SMILES string of the molecule is CC(=O)C1(OCc2ccccc2)CC(C(=O)O)=CC(OCc2ccccc2)=C1OCc1ccccc1. The first-order valence-corrected chi connectivity index (χ1v) is 11.7. The summed E-state index contributed by atoms with van der Waals surface area (Å²) in [5.74, 6) is -1.17. The number of carboxylic acid groups (broad SMARTS) is 1. The van der Waals surface area contributed by atoms with Gasteiger partial charge in [0.15, 0.2) is 22.9 Å². The molecule has 184 valence electrons. The normalized spacial score (nSPS) is 17.3. The minimum absolute atomic E-state index is 0.00776. The molecule has 6 heteroatoms. The quantitative estimate of drug-likeness (QED) is 0.382. The molecule has 1 aliphatic rings. The Hall–Kier alpha value is -4.16. The molecule has 36 heavy (non-hydrogen) atoms. The van der Waals surface area contributed by atoms with Gasteiger partial charge < -0.3 is 19.3 Å². The lowest BCUT2D eigenvalue weighted by molar-refractivity contribution is -0.148. The second kappa shape index (κ2) is 11.5. The molecule has 0 bridgehead atoms. The zero-order valence-corrected chi connectivity index (χ0v) is 20.1. The number of carbonyl (C=O) groups is 2. The zero-order chi connectivity index (χ0) is 25.4. The number of ether oxygens (including phenoxy) is 3. The molecule has 0 saturated carbocycles. The first-order chi connectivity index (χ1) is 17.5. The third-order valence-electron chi connectivity index (χ3n) is 5.97. The molecule has 1 aliphatic carbocycles. The van der Waals surface area contributed by atoms with Crippen LogP contribution in [0.4, 0.5) is 0 Å². The van der Waals surface area contributed by atoms with Gasteiger partial charge >= 0.3 is 5.97 Å². The van der Waals surface area contributed by atoms with E-state index in [0.29, 0.717) is 0 Å². The van der Waals surface area contributed by atoms with Crippen molar-refractivity contribution in [2.75, 3.05) is 0 Å². The third kappa shape index (κ3) is 5.90. The largest absolute Gasteiger partial charge is 0.486 e. The van der Waals surface area contributed by atoms with Crippen LogP contribution in [0.1, 0.15) is 30.0 Å². The maximum Gasteiger partial charge on any atom is 0.331 e. The molecule has 0 aliphatic heterocycles. The summed E-state index contributed by atoms with van der Waals surface area (Å²) in [6.07, 6.45) is 1.26. The Bertz CT molecular complexity index is 1250. The highest BCUT2D eigenvalue weighted by Crippen LogP contribution is 2.40.